The van der Waals surface area contributed by atoms with Crippen molar-refractivity contribution in [1.82, 2.24) is 14.9 Å². The summed E-state index contributed by atoms with van der Waals surface area (Å²) in [6, 6.07) is 0.605. The molecule has 0 radical (unpaired) electrons. The summed E-state index contributed by atoms with van der Waals surface area (Å²) in [5.74, 6) is 0.336. The van der Waals surface area contributed by atoms with Gasteiger partial charge in [-0.3, -0.25) is 14.2 Å². The molecule has 0 aliphatic carbocycles. The van der Waals surface area contributed by atoms with Crippen molar-refractivity contribution in [2.24, 2.45) is 5.92 Å². The summed E-state index contributed by atoms with van der Waals surface area (Å²) in [4.78, 5) is 27.3. The lowest BCUT2D eigenvalue weighted by atomic mass is 10.1. The summed E-state index contributed by atoms with van der Waals surface area (Å²) >= 11 is 5.59. The van der Waals surface area contributed by atoms with Crippen molar-refractivity contribution in [2.45, 2.75) is 33.2 Å². The molecule has 1 N–H and O–H groups in total. The highest BCUT2D eigenvalue weighted by Crippen LogP contribution is 2.04. The van der Waals surface area contributed by atoms with E-state index < -0.39 is 6.04 Å². The Morgan fingerprint density at radius 3 is 2.72 bits per heavy atom. The maximum absolute atomic E-state index is 11.8. The highest BCUT2D eigenvalue weighted by molar-refractivity contribution is 6.29. The van der Waals surface area contributed by atoms with Crippen LogP contribution in [0.15, 0.2) is 17.2 Å². The third-order valence-corrected chi connectivity index (χ3v) is 2.83. The first-order valence-corrected chi connectivity index (χ1v) is 6.31. The van der Waals surface area contributed by atoms with Gasteiger partial charge >= 0.3 is 0 Å². The lowest BCUT2D eigenvalue weighted by molar-refractivity contribution is -0.124. The maximum atomic E-state index is 11.8. The van der Waals surface area contributed by atoms with E-state index in [9.17, 15) is 9.59 Å². The Hall–Kier alpha value is -1.36. The second-order valence-corrected chi connectivity index (χ2v) is 4.99. The SMILES string of the molecule is CC(C)CCNC(=O)C(C)n1cnc(Cl)cc1=O. The number of amides is 1. The number of halogens is 1. The molecule has 1 heterocycles. The van der Waals surface area contributed by atoms with Gasteiger partial charge in [0, 0.05) is 12.6 Å². The van der Waals surface area contributed by atoms with Crippen molar-refractivity contribution < 1.29 is 4.79 Å². The molecule has 1 rings (SSSR count). The molecular weight excluding hydrogens is 254 g/mol. The number of carbonyl (C=O) groups excluding carboxylic acids is 1. The second kappa shape index (κ2) is 6.54. The van der Waals surface area contributed by atoms with Gasteiger partial charge in [-0.05, 0) is 19.3 Å². The van der Waals surface area contributed by atoms with E-state index in [4.69, 9.17) is 11.6 Å². The molecule has 18 heavy (non-hydrogen) atoms. The van der Waals surface area contributed by atoms with Crippen LogP contribution in [-0.4, -0.2) is 22.0 Å². The number of hydrogen-bond acceptors (Lipinski definition) is 3. The quantitative estimate of drug-likeness (QED) is 0.828. The van der Waals surface area contributed by atoms with Crippen molar-refractivity contribution in [3.63, 3.8) is 0 Å². The van der Waals surface area contributed by atoms with Crippen molar-refractivity contribution in [2.75, 3.05) is 6.54 Å². The van der Waals surface area contributed by atoms with Gasteiger partial charge in [-0.2, -0.15) is 0 Å². The predicted molar refractivity (Wildman–Crippen MR) is 70.7 cm³/mol. The normalized spacial score (nSPS) is 12.5. The number of aromatic nitrogens is 2. The van der Waals surface area contributed by atoms with Gasteiger partial charge in [0.05, 0.1) is 6.33 Å². The smallest absolute Gasteiger partial charge is 0.255 e. The monoisotopic (exact) mass is 271 g/mol. The van der Waals surface area contributed by atoms with Crippen molar-refractivity contribution in [1.29, 1.82) is 0 Å². The van der Waals surface area contributed by atoms with Crippen LogP contribution in [0.25, 0.3) is 0 Å². The molecule has 0 spiro atoms. The van der Waals surface area contributed by atoms with Crippen LogP contribution >= 0.6 is 11.6 Å². The van der Waals surface area contributed by atoms with E-state index >= 15 is 0 Å². The van der Waals surface area contributed by atoms with E-state index in [1.807, 2.05) is 0 Å². The molecule has 1 aromatic heterocycles. The zero-order valence-corrected chi connectivity index (χ0v) is 11.6. The number of nitrogens with zero attached hydrogens (tertiary/aromatic N) is 2. The summed E-state index contributed by atoms with van der Waals surface area (Å²) in [5, 5.41) is 2.92. The highest BCUT2D eigenvalue weighted by atomic mass is 35.5. The third kappa shape index (κ3) is 4.14. The average molecular weight is 272 g/mol. The fraction of sp³-hybridized carbons (Fsp3) is 0.583. The van der Waals surface area contributed by atoms with Gasteiger partial charge in [-0.25, -0.2) is 4.98 Å². The minimum atomic E-state index is -0.588. The van der Waals surface area contributed by atoms with Crippen LogP contribution in [0.5, 0.6) is 0 Å². The van der Waals surface area contributed by atoms with E-state index in [0.29, 0.717) is 12.5 Å². The summed E-state index contributed by atoms with van der Waals surface area (Å²) in [6.07, 6.45) is 2.20. The van der Waals surface area contributed by atoms with Crippen LogP contribution in [0.3, 0.4) is 0 Å². The minimum Gasteiger partial charge on any atom is -0.354 e. The lowest BCUT2D eigenvalue weighted by Crippen LogP contribution is -2.36. The number of nitrogens with one attached hydrogen (secondary N) is 1. The zero-order valence-electron chi connectivity index (χ0n) is 10.8. The Balaban J connectivity index is 2.66. The molecule has 0 saturated heterocycles. The van der Waals surface area contributed by atoms with Crippen LogP contribution in [0.4, 0.5) is 0 Å². The molecule has 100 valence electrons. The largest absolute Gasteiger partial charge is 0.354 e. The van der Waals surface area contributed by atoms with Crippen LogP contribution in [0.1, 0.15) is 33.2 Å². The zero-order chi connectivity index (χ0) is 13.7. The van der Waals surface area contributed by atoms with Gasteiger partial charge in [0.2, 0.25) is 5.91 Å². The van der Waals surface area contributed by atoms with Crippen molar-refractivity contribution in [3.8, 4) is 0 Å². The topological polar surface area (TPSA) is 64.0 Å². The summed E-state index contributed by atoms with van der Waals surface area (Å²) in [5.41, 5.74) is -0.332. The van der Waals surface area contributed by atoms with E-state index in [2.05, 4.69) is 24.1 Å². The van der Waals surface area contributed by atoms with Gasteiger partial charge in [-0.1, -0.05) is 25.4 Å². The molecule has 1 amide bonds. The molecule has 0 bridgehead atoms. The Morgan fingerprint density at radius 1 is 1.50 bits per heavy atom. The molecular formula is C12H18ClN3O2. The third-order valence-electron chi connectivity index (χ3n) is 2.62. The molecule has 0 fully saturated rings. The first-order chi connectivity index (χ1) is 8.41. The van der Waals surface area contributed by atoms with E-state index in [0.717, 1.165) is 6.42 Å². The molecule has 0 aromatic carbocycles. The number of rotatable bonds is 5. The lowest BCUT2D eigenvalue weighted by Gasteiger charge is -2.15. The van der Waals surface area contributed by atoms with Gasteiger partial charge in [0.1, 0.15) is 11.2 Å². The number of hydrogen-bond donors (Lipinski definition) is 1. The minimum absolute atomic E-state index is 0.128. The van der Waals surface area contributed by atoms with Crippen LogP contribution in [0, 0.1) is 5.92 Å². The molecule has 1 atom stereocenters. The van der Waals surface area contributed by atoms with E-state index in [1.54, 1.807) is 6.92 Å². The highest BCUT2D eigenvalue weighted by Gasteiger charge is 2.15. The van der Waals surface area contributed by atoms with Crippen molar-refractivity contribution in [3.05, 3.63) is 27.9 Å². The van der Waals surface area contributed by atoms with Crippen LogP contribution in [0.2, 0.25) is 5.15 Å². The van der Waals surface area contributed by atoms with Crippen molar-refractivity contribution >= 4 is 17.5 Å². The van der Waals surface area contributed by atoms with Gasteiger partial charge < -0.3 is 5.32 Å². The van der Waals surface area contributed by atoms with Crippen LogP contribution < -0.4 is 10.9 Å². The van der Waals surface area contributed by atoms with Crippen LogP contribution in [-0.2, 0) is 4.79 Å². The first-order valence-electron chi connectivity index (χ1n) is 5.93. The van der Waals surface area contributed by atoms with E-state index in [-0.39, 0.29) is 16.6 Å². The maximum Gasteiger partial charge on any atom is 0.255 e. The average Bonchev–Trinajstić information content (AvgIpc) is 2.27. The van der Waals surface area contributed by atoms with Gasteiger partial charge in [-0.15, -0.1) is 0 Å². The molecule has 6 heteroatoms. The molecule has 0 saturated carbocycles. The second-order valence-electron chi connectivity index (χ2n) is 4.61. The Bertz CT molecular complexity index is 471. The fourth-order valence-electron chi connectivity index (χ4n) is 1.44. The molecule has 5 nitrogen and oxygen atoms in total. The molecule has 0 aliphatic heterocycles. The van der Waals surface area contributed by atoms with Gasteiger partial charge in [0.15, 0.2) is 0 Å². The summed E-state index contributed by atoms with van der Waals surface area (Å²) < 4.78 is 1.26. The van der Waals surface area contributed by atoms with E-state index in [1.165, 1.54) is 17.0 Å². The first kappa shape index (κ1) is 14.7. The Kier molecular flexibility index (Phi) is 5.34. The summed E-state index contributed by atoms with van der Waals surface area (Å²) in [7, 11) is 0. The molecule has 0 aliphatic rings. The predicted octanol–water partition coefficient (Wildman–Crippen LogP) is 1.62. The molecule has 1 unspecified atom stereocenters. The Labute approximate surface area is 111 Å². The molecule has 1 aromatic rings. The standard InChI is InChI=1S/C12H18ClN3O2/c1-8(2)4-5-14-12(18)9(3)16-7-15-10(13)6-11(16)17/h6-9H,4-5H2,1-3H3,(H,14,18). The fourth-order valence-corrected chi connectivity index (χ4v) is 1.57. The van der Waals surface area contributed by atoms with Gasteiger partial charge in [0.25, 0.3) is 5.56 Å². The summed E-state index contributed by atoms with van der Waals surface area (Å²) in [6.45, 7) is 6.44. The number of carbonyl (C=O) groups is 1. The Morgan fingerprint density at radius 2 is 2.17 bits per heavy atom.